The van der Waals surface area contributed by atoms with Crippen molar-refractivity contribution in [1.82, 2.24) is 9.38 Å². The number of aryl methyl sites for hydroxylation is 1. The first kappa shape index (κ1) is 18.4. The molecule has 2 aromatic heterocycles. The highest BCUT2D eigenvalue weighted by molar-refractivity contribution is 7.91. The fourth-order valence-electron chi connectivity index (χ4n) is 2.78. The number of thiazole rings is 1. The molecule has 0 spiro atoms. The molecule has 0 aliphatic heterocycles. The number of rotatable bonds is 5. The molecule has 4 aromatic rings. The van der Waals surface area contributed by atoms with Crippen LogP contribution in [0.3, 0.4) is 0 Å². The number of benzene rings is 2. The predicted octanol–water partition coefficient (Wildman–Crippen LogP) is 3.48. The van der Waals surface area contributed by atoms with Crippen molar-refractivity contribution in [2.24, 2.45) is 0 Å². The van der Waals surface area contributed by atoms with E-state index in [0.29, 0.717) is 16.4 Å². The summed E-state index contributed by atoms with van der Waals surface area (Å²) in [5.74, 6) is 0.497. The fourth-order valence-corrected chi connectivity index (χ4v) is 4.96. The van der Waals surface area contributed by atoms with Gasteiger partial charge in [-0.05, 0) is 43.3 Å². The number of sulfone groups is 1. The minimum absolute atomic E-state index is 0.119. The predicted molar refractivity (Wildman–Crippen MR) is 107 cm³/mol. The van der Waals surface area contributed by atoms with Crippen molar-refractivity contribution in [2.45, 2.75) is 23.3 Å². The first-order valence-corrected chi connectivity index (χ1v) is 10.8. The maximum Gasteiger partial charge on any atom is 0.259 e. The topological polar surface area (TPSA) is 77.7 Å². The Morgan fingerprint density at radius 3 is 2.43 bits per heavy atom. The van der Waals surface area contributed by atoms with Crippen molar-refractivity contribution < 1.29 is 13.2 Å². The van der Waals surface area contributed by atoms with Crippen LogP contribution in [0.2, 0.25) is 0 Å². The van der Waals surface area contributed by atoms with E-state index in [1.54, 1.807) is 46.9 Å². The molecule has 6 nitrogen and oxygen atoms in total. The number of aromatic nitrogens is 2. The molecule has 0 unspecified atom stereocenters. The SMILES string of the molecule is Cc1csc2nc(COc3ccc(S(=O)(=O)c4ccccc4)cc3)cc(=O)n12. The van der Waals surface area contributed by atoms with Gasteiger partial charge in [0.25, 0.3) is 5.56 Å². The molecule has 8 heteroatoms. The average Bonchev–Trinajstić information content (AvgIpc) is 3.08. The van der Waals surface area contributed by atoms with E-state index in [4.69, 9.17) is 4.74 Å². The second kappa shape index (κ2) is 7.21. The molecular formula is C20H16N2O4S2. The third-order valence-corrected chi connectivity index (χ3v) is 6.93. The Labute approximate surface area is 165 Å². The van der Waals surface area contributed by atoms with Gasteiger partial charge in [-0.15, -0.1) is 11.3 Å². The lowest BCUT2D eigenvalue weighted by Gasteiger charge is -2.08. The Bertz CT molecular complexity index is 1290. The van der Waals surface area contributed by atoms with E-state index in [-0.39, 0.29) is 22.0 Å². The van der Waals surface area contributed by atoms with Crippen LogP contribution in [0.1, 0.15) is 11.4 Å². The molecule has 0 N–H and O–H groups in total. The summed E-state index contributed by atoms with van der Waals surface area (Å²) < 4.78 is 32.4. The van der Waals surface area contributed by atoms with Gasteiger partial charge in [0.15, 0.2) is 4.96 Å². The lowest BCUT2D eigenvalue weighted by molar-refractivity contribution is 0.301. The summed E-state index contributed by atoms with van der Waals surface area (Å²) in [6, 6.07) is 15.9. The number of hydrogen-bond acceptors (Lipinski definition) is 6. The number of hydrogen-bond donors (Lipinski definition) is 0. The van der Waals surface area contributed by atoms with Gasteiger partial charge in [0.1, 0.15) is 12.4 Å². The summed E-state index contributed by atoms with van der Waals surface area (Å²) in [6.45, 7) is 1.97. The third-order valence-electron chi connectivity index (χ3n) is 4.20. The Hall–Kier alpha value is -2.97. The van der Waals surface area contributed by atoms with Crippen LogP contribution in [0, 0.1) is 6.92 Å². The van der Waals surface area contributed by atoms with Crippen molar-refractivity contribution in [2.75, 3.05) is 0 Å². The van der Waals surface area contributed by atoms with Crippen LogP contribution in [-0.2, 0) is 16.4 Å². The molecule has 0 aliphatic rings. The molecule has 0 radical (unpaired) electrons. The van der Waals surface area contributed by atoms with Crippen molar-refractivity contribution in [3.63, 3.8) is 0 Å². The number of ether oxygens (including phenoxy) is 1. The van der Waals surface area contributed by atoms with Crippen LogP contribution < -0.4 is 10.3 Å². The smallest absolute Gasteiger partial charge is 0.259 e. The van der Waals surface area contributed by atoms with Crippen LogP contribution in [0.4, 0.5) is 0 Å². The minimum Gasteiger partial charge on any atom is -0.487 e. The standard InChI is InChI=1S/C20H16N2O4S2/c1-14-13-27-20-21-15(11-19(23)22(14)20)12-26-16-7-9-18(10-8-16)28(24,25)17-5-3-2-4-6-17/h2-11,13H,12H2,1H3. The summed E-state index contributed by atoms with van der Waals surface area (Å²) in [5, 5.41) is 1.88. The monoisotopic (exact) mass is 412 g/mol. The zero-order chi connectivity index (χ0) is 19.7. The normalized spacial score (nSPS) is 11.6. The molecule has 2 aromatic carbocycles. The minimum atomic E-state index is -3.56. The molecular weight excluding hydrogens is 396 g/mol. The van der Waals surface area contributed by atoms with E-state index in [9.17, 15) is 13.2 Å². The molecule has 0 atom stereocenters. The Kier molecular flexibility index (Phi) is 4.74. The van der Waals surface area contributed by atoms with E-state index in [1.807, 2.05) is 12.3 Å². The van der Waals surface area contributed by atoms with Crippen LogP contribution in [0.5, 0.6) is 5.75 Å². The van der Waals surface area contributed by atoms with E-state index in [2.05, 4.69) is 4.98 Å². The first-order valence-electron chi connectivity index (χ1n) is 8.45. The molecule has 0 amide bonds. The largest absolute Gasteiger partial charge is 0.487 e. The molecule has 0 aliphatic carbocycles. The van der Waals surface area contributed by atoms with Gasteiger partial charge in [0, 0.05) is 17.1 Å². The molecule has 0 saturated heterocycles. The van der Waals surface area contributed by atoms with Gasteiger partial charge in [0.05, 0.1) is 15.5 Å². The van der Waals surface area contributed by atoms with Gasteiger partial charge in [-0.25, -0.2) is 13.4 Å². The highest BCUT2D eigenvalue weighted by Crippen LogP contribution is 2.23. The van der Waals surface area contributed by atoms with Crippen LogP contribution in [-0.4, -0.2) is 17.8 Å². The molecule has 28 heavy (non-hydrogen) atoms. The van der Waals surface area contributed by atoms with Crippen LogP contribution >= 0.6 is 11.3 Å². The Morgan fingerprint density at radius 2 is 1.71 bits per heavy atom. The van der Waals surface area contributed by atoms with Crippen molar-refractivity contribution >= 4 is 26.1 Å². The van der Waals surface area contributed by atoms with Gasteiger partial charge >= 0.3 is 0 Å². The quantitative estimate of drug-likeness (QED) is 0.502. The summed E-state index contributed by atoms with van der Waals surface area (Å²) >= 11 is 1.40. The highest BCUT2D eigenvalue weighted by Gasteiger charge is 2.17. The van der Waals surface area contributed by atoms with Gasteiger partial charge < -0.3 is 4.74 Å². The van der Waals surface area contributed by atoms with Gasteiger partial charge in [-0.2, -0.15) is 0 Å². The Morgan fingerprint density at radius 1 is 1.04 bits per heavy atom. The lowest BCUT2D eigenvalue weighted by atomic mass is 10.3. The average molecular weight is 412 g/mol. The van der Waals surface area contributed by atoms with Crippen molar-refractivity contribution in [3.05, 3.63) is 87.8 Å². The molecule has 0 saturated carbocycles. The molecule has 4 rings (SSSR count). The zero-order valence-electron chi connectivity index (χ0n) is 14.9. The van der Waals surface area contributed by atoms with E-state index < -0.39 is 9.84 Å². The maximum atomic E-state index is 12.6. The molecule has 2 heterocycles. The lowest BCUT2D eigenvalue weighted by Crippen LogP contribution is -2.15. The second-order valence-corrected chi connectivity index (χ2v) is 8.94. The van der Waals surface area contributed by atoms with E-state index in [0.717, 1.165) is 5.69 Å². The summed E-state index contributed by atoms with van der Waals surface area (Å²) in [7, 11) is -3.56. The van der Waals surface area contributed by atoms with Gasteiger partial charge in [-0.3, -0.25) is 9.20 Å². The summed E-state index contributed by atoms with van der Waals surface area (Å²) in [5.41, 5.74) is 1.22. The van der Waals surface area contributed by atoms with E-state index >= 15 is 0 Å². The fraction of sp³-hybridized carbons (Fsp3) is 0.100. The molecule has 142 valence electrons. The van der Waals surface area contributed by atoms with Gasteiger partial charge in [0.2, 0.25) is 9.84 Å². The van der Waals surface area contributed by atoms with Crippen LogP contribution in [0.15, 0.2) is 80.6 Å². The molecule has 0 fully saturated rings. The van der Waals surface area contributed by atoms with Crippen molar-refractivity contribution in [1.29, 1.82) is 0 Å². The number of nitrogens with zero attached hydrogens (tertiary/aromatic N) is 2. The third kappa shape index (κ3) is 3.44. The van der Waals surface area contributed by atoms with Gasteiger partial charge in [-0.1, -0.05) is 18.2 Å². The molecule has 0 bridgehead atoms. The van der Waals surface area contributed by atoms with Crippen LogP contribution in [0.25, 0.3) is 4.96 Å². The summed E-state index contributed by atoms with van der Waals surface area (Å²) in [6.07, 6.45) is 0. The van der Waals surface area contributed by atoms with E-state index in [1.165, 1.54) is 29.5 Å². The second-order valence-electron chi connectivity index (χ2n) is 6.16. The van der Waals surface area contributed by atoms with Crippen molar-refractivity contribution in [3.8, 4) is 5.75 Å². The highest BCUT2D eigenvalue weighted by atomic mass is 32.2. The number of fused-ring (bicyclic) bond motifs is 1. The maximum absolute atomic E-state index is 12.6. The summed E-state index contributed by atoms with van der Waals surface area (Å²) in [4.78, 5) is 17.7. The first-order chi connectivity index (χ1) is 13.4. The zero-order valence-corrected chi connectivity index (χ0v) is 16.5. The Balaban J connectivity index is 1.52.